The van der Waals surface area contributed by atoms with E-state index in [9.17, 15) is 14.4 Å². The van der Waals surface area contributed by atoms with Crippen molar-refractivity contribution in [3.63, 3.8) is 0 Å². The number of amides is 3. The number of carbonyl (C=O) groups is 2. The van der Waals surface area contributed by atoms with Gasteiger partial charge in [-0.2, -0.15) is 4.98 Å². The molecular formula is C27H38N8O3. The van der Waals surface area contributed by atoms with E-state index in [0.29, 0.717) is 26.2 Å². The number of aromatic nitrogens is 2. The van der Waals surface area contributed by atoms with Gasteiger partial charge in [-0.25, -0.2) is 9.59 Å². The van der Waals surface area contributed by atoms with E-state index >= 15 is 0 Å². The number of piperidine rings is 1. The first kappa shape index (κ1) is 26.3. The van der Waals surface area contributed by atoms with E-state index in [4.69, 9.17) is 11.5 Å². The summed E-state index contributed by atoms with van der Waals surface area (Å²) in [4.78, 5) is 47.7. The molecule has 3 heterocycles. The summed E-state index contributed by atoms with van der Waals surface area (Å²) in [6, 6.07) is 9.20. The molecule has 5 rings (SSSR count). The quantitative estimate of drug-likeness (QED) is 0.475. The third-order valence-electron chi connectivity index (χ3n) is 8.07. The minimum Gasteiger partial charge on any atom is -0.338 e. The van der Waals surface area contributed by atoms with Crippen LogP contribution in [-0.2, 0) is 11.2 Å². The van der Waals surface area contributed by atoms with Crippen LogP contribution in [0.25, 0.3) is 5.69 Å². The number of fused-ring (bicyclic) bond motifs is 1. The predicted molar refractivity (Wildman–Crippen MR) is 145 cm³/mol. The number of benzene rings is 1. The fourth-order valence-corrected chi connectivity index (χ4v) is 5.80. The molecule has 5 N–H and O–H groups in total. The van der Waals surface area contributed by atoms with Crippen LogP contribution < -0.4 is 22.5 Å². The minimum absolute atomic E-state index is 0.139. The van der Waals surface area contributed by atoms with Gasteiger partial charge < -0.3 is 26.2 Å². The molecule has 1 aliphatic carbocycles. The molecule has 204 valence electrons. The van der Waals surface area contributed by atoms with Gasteiger partial charge >= 0.3 is 11.7 Å². The standard InChI is InChI=1S/C27H38N8O3/c1-27(2,29)24(36)33-10-12-34(13-11-33)25(37)30-23-7-9-35(26(38)31-23)19-5-3-4-18(14-19)6-8-32-16-21-20(15-28)22(21)17-32/h3-5,7,9,14,20-22H,6,8,10-13,15-17,28-29H2,1-2H3,(H,30,31,37,38). The van der Waals surface area contributed by atoms with E-state index < -0.39 is 11.2 Å². The molecule has 2 saturated heterocycles. The Hall–Kier alpha value is -3.28. The molecule has 1 saturated carbocycles. The fourth-order valence-electron chi connectivity index (χ4n) is 5.80. The number of nitrogens with two attached hydrogens (primary N) is 2. The lowest BCUT2D eigenvalue weighted by atomic mass is 10.1. The summed E-state index contributed by atoms with van der Waals surface area (Å²) in [5.41, 5.74) is 12.2. The smallest absolute Gasteiger partial charge is 0.338 e. The van der Waals surface area contributed by atoms with Gasteiger partial charge in [0.1, 0.15) is 5.82 Å². The van der Waals surface area contributed by atoms with Crippen LogP contribution >= 0.6 is 0 Å². The van der Waals surface area contributed by atoms with Crippen LogP contribution in [0.4, 0.5) is 10.6 Å². The highest BCUT2D eigenvalue weighted by atomic mass is 16.2. The zero-order chi connectivity index (χ0) is 27.0. The zero-order valence-corrected chi connectivity index (χ0v) is 22.2. The second kappa shape index (κ2) is 10.5. The molecule has 2 atom stereocenters. The van der Waals surface area contributed by atoms with E-state index in [1.807, 2.05) is 18.2 Å². The number of piperazine rings is 1. The van der Waals surface area contributed by atoms with Crippen LogP contribution in [0, 0.1) is 17.8 Å². The van der Waals surface area contributed by atoms with Crippen molar-refractivity contribution >= 4 is 17.8 Å². The van der Waals surface area contributed by atoms with Gasteiger partial charge in [-0.15, -0.1) is 0 Å². The first-order valence-electron chi connectivity index (χ1n) is 13.4. The van der Waals surface area contributed by atoms with Crippen molar-refractivity contribution < 1.29 is 9.59 Å². The largest absolute Gasteiger partial charge is 0.354 e. The maximum Gasteiger partial charge on any atom is 0.354 e. The third kappa shape index (κ3) is 5.59. The van der Waals surface area contributed by atoms with Crippen LogP contribution in [0.1, 0.15) is 19.4 Å². The number of hydrogen-bond acceptors (Lipinski definition) is 7. The second-order valence-electron chi connectivity index (χ2n) is 11.3. The maximum atomic E-state index is 12.8. The van der Waals surface area contributed by atoms with Gasteiger partial charge in [-0.05, 0) is 68.3 Å². The maximum absolute atomic E-state index is 12.8. The van der Waals surface area contributed by atoms with Gasteiger partial charge in [0.05, 0.1) is 11.2 Å². The predicted octanol–water partition coefficient (Wildman–Crippen LogP) is 0.325. The molecule has 2 unspecified atom stereocenters. The van der Waals surface area contributed by atoms with Crippen LogP contribution in [0.3, 0.4) is 0 Å². The number of urea groups is 1. The van der Waals surface area contributed by atoms with Gasteiger partial charge in [0, 0.05) is 52.0 Å². The number of nitrogens with one attached hydrogen (secondary N) is 1. The molecule has 2 aromatic rings. The SMILES string of the molecule is CC(C)(N)C(=O)N1CCN(C(=O)Nc2ccn(-c3cccc(CCN4CC5C(CN)C5C4)c3)c(=O)n2)CC1. The van der Waals surface area contributed by atoms with Crippen LogP contribution in [-0.4, -0.2) is 94.1 Å². The Morgan fingerprint density at radius 3 is 2.39 bits per heavy atom. The van der Waals surface area contributed by atoms with E-state index in [2.05, 4.69) is 21.3 Å². The molecule has 1 aromatic heterocycles. The fraction of sp³-hybridized carbons (Fsp3) is 0.556. The minimum atomic E-state index is -0.944. The van der Waals surface area contributed by atoms with Crippen molar-refractivity contribution in [3.05, 3.63) is 52.6 Å². The monoisotopic (exact) mass is 522 g/mol. The molecule has 38 heavy (non-hydrogen) atoms. The zero-order valence-electron chi connectivity index (χ0n) is 22.2. The summed E-state index contributed by atoms with van der Waals surface area (Å²) >= 11 is 0. The molecule has 3 aliphatic rings. The molecule has 11 nitrogen and oxygen atoms in total. The number of anilines is 1. The Labute approximate surface area is 222 Å². The molecule has 1 aromatic carbocycles. The third-order valence-corrected chi connectivity index (χ3v) is 8.07. The van der Waals surface area contributed by atoms with Crippen molar-refractivity contribution in [2.45, 2.75) is 25.8 Å². The normalized spacial score (nSPS) is 23.3. The van der Waals surface area contributed by atoms with Crippen LogP contribution in [0.5, 0.6) is 0 Å². The summed E-state index contributed by atoms with van der Waals surface area (Å²) in [6.45, 7) is 9.01. The Morgan fingerprint density at radius 1 is 1.08 bits per heavy atom. The van der Waals surface area contributed by atoms with E-state index in [0.717, 1.165) is 56.0 Å². The van der Waals surface area contributed by atoms with Gasteiger partial charge in [-0.1, -0.05) is 12.1 Å². The highest BCUT2D eigenvalue weighted by molar-refractivity contribution is 5.89. The Kier molecular flexibility index (Phi) is 7.26. The van der Waals surface area contributed by atoms with Gasteiger partial charge in [0.2, 0.25) is 5.91 Å². The molecular weight excluding hydrogens is 484 g/mol. The lowest BCUT2D eigenvalue weighted by molar-refractivity contribution is -0.137. The topological polar surface area (TPSA) is 143 Å². The summed E-state index contributed by atoms with van der Waals surface area (Å²) in [7, 11) is 0. The van der Waals surface area contributed by atoms with Gasteiger partial charge in [0.25, 0.3) is 0 Å². The molecule has 0 radical (unpaired) electrons. The molecule has 2 aliphatic heterocycles. The summed E-state index contributed by atoms with van der Waals surface area (Å²) in [5.74, 6) is 2.35. The lowest BCUT2D eigenvalue weighted by Gasteiger charge is -2.37. The van der Waals surface area contributed by atoms with E-state index in [1.165, 1.54) is 10.1 Å². The van der Waals surface area contributed by atoms with Gasteiger partial charge in [0.15, 0.2) is 0 Å². The van der Waals surface area contributed by atoms with Gasteiger partial charge in [-0.3, -0.25) is 14.7 Å². The molecule has 11 heteroatoms. The van der Waals surface area contributed by atoms with Crippen molar-refractivity contribution in [2.75, 3.05) is 57.7 Å². The molecule has 0 spiro atoms. The van der Waals surface area contributed by atoms with Crippen molar-refractivity contribution in [1.29, 1.82) is 0 Å². The highest BCUT2D eigenvalue weighted by Crippen LogP contribution is 2.50. The Bertz CT molecular complexity index is 1240. The van der Waals surface area contributed by atoms with Crippen molar-refractivity contribution in [3.8, 4) is 5.69 Å². The van der Waals surface area contributed by atoms with E-state index in [-0.39, 0.29) is 17.8 Å². The first-order valence-corrected chi connectivity index (χ1v) is 13.4. The molecule has 0 bridgehead atoms. The van der Waals surface area contributed by atoms with Crippen molar-refractivity contribution in [2.24, 2.45) is 29.2 Å². The summed E-state index contributed by atoms with van der Waals surface area (Å²) < 4.78 is 1.48. The second-order valence-corrected chi connectivity index (χ2v) is 11.3. The molecule has 3 fully saturated rings. The Balaban J connectivity index is 1.15. The first-order chi connectivity index (χ1) is 18.1. The van der Waals surface area contributed by atoms with Crippen molar-refractivity contribution in [1.82, 2.24) is 24.3 Å². The number of likely N-dealkylation sites (tertiary alicyclic amines) is 1. The van der Waals surface area contributed by atoms with Crippen LogP contribution in [0.2, 0.25) is 0 Å². The van der Waals surface area contributed by atoms with Crippen LogP contribution in [0.15, 0.2) is 41.3 Å². The highest BCUT2D eigenvalue weighted by Gasteiger charge is 2.54. The number of rotatable bonds is 7. The number of hydrogen-bond donors (Lipinski definition) is 3. The lowest BCUT2D eigenvalue weighted by Crippen LogP contribution is -2.58. The average molecular weight is 523 g/mol. The number of nitrogens with zero attached hydrogens (tertiary/aromatic N) is 5. The average Bonchev–Trinajstić information content (AvgIpc) is 3.37. The van der Waals surface area contributed by atoms with E-state index in [1.54, 1.807) is 35.9 Å². The Morgan fingerprint density at radius 2 is 1.76 bits per heavy atom. The summed E-state index contributed by atoms with van der Waals surface area (Å²) in [5, 5.41) is 2.70. The molecule has 3 amide bonds. The number of carbonyl (C=O) groups excluding carboxylic acids is 2. The summed E-state index contributed by atoms with van der Waals surface area (Å²) in [6.07, 6.45) is 2.55.